The molecule has 2 aromatic rings. The zero-order valence-corrected chi connectivity index (χ0v) is 17.2. The highest BCUT2D eigenvalue weighted by Gasteiger charge is 2.38. The highest BCUT2D eigenvalue weighted by molar-refractivity contribution is 9.10. The first-order valence-electron chi connectivity index (χ1n) is 8.66. The van der Waals surface area contributed by atoms with Crippen molar-refractivity contribution in [2.24, 2.45) is 0 Å². The number of fused-ring (bicyclic) bond motifs is 1. The van der Waals surface area contributed by atoms with Gasteiger partial charge in [-0.05, 0) is 39.0 Å². The average Bonchev–Trinajstić information content (AvgIpc) is 2.94. The van der Waals surface area contributed by atoms with Crippen LogP contribution in [-0.4, -0.2) is 51.8 Å². The van der Waals surface area contributed by atoms with E-state index in [4.69, 9.17) is 4.74 Å². The maximum atomic E-state index is 14.6. The molecule has 1 aromatic carbocycles. The number of pyridine rings is 1. The number of nitro groups is 1. The van der Waals surface area contributed by atoms with Crippen molar-refractivity contribution in [2.45, 2.75) is 38.6 Å². The third-order valence-corrected chi connectivity index (χ3v) is 4.73. The van der Waals surface area contributed by atoms with Gasteiger partial charge in [0.15, 0.2) is 0 Å². The molecule has 10 heteroatoms. The van der Waals surface area contributed by atoms with Crippen molar-refractivity contribution in [3.05, 3.63) is 39.0 Å². The lowest BCUT2D eigenvalue weighted by molar-refractivity contribution is -0.384. The van der Waals surface area contributed by atoms with E-state index in [9.17, 15) is 19.3 Å². The van der Waals surface area contributed by atoms with Gasteiger partial charge in [0.2, 0.25) is 0 Å². The van der Waals surface area contributed by atoms with Crippen LogP contribution in [0.2, 0.25) is 0 Å². The molecule has 1 amide bonds. The second kappa shape index (κ2) is 7.50. The molecule has 1 N–H and O–H groups in total. The van der Waals surface area contributed by atoms with E-state index in [0.717, 1.165) is 6.20 Å². The van der Waals surface area contributed by atoms with Gasteiger partial charge in [0, 0.05) is 16.4 Å². The number of carbonyl (C=O) groups is 1. The van der Waals surface area contributed by atoms with Gasteiger partial charge in [-0.1, -0.05) is 15.9 Å². The molecule has 2 heterocycles. The van der Waals surface area contributed by atoms with E-state index in [2.05, 4.69) is 26.2 Å². The van der Waals surface area contributed by atoms with E-state index in [1.54, 1.807) is 39.0 Å². The second-order valence-corrected chi connectivity index (χ2v) is 8.50. The molecule has 150 valence electrons. The summed E-state index contributed by atoms with van der Waals surface area (Å²) >= 11 is 3.34. The second-order valence-electron chi connectivity index (χ2n) is 7.59. The van der Waals surface area contributed by atoms with Crippen molar-refractivity contribution in [3.8, 4) is 0 Å². The maximum absolute atomic E-state index is 14.6. The molecule has 1 saturated heterocycles. The molecule has 1 aromatic heterocycles. The molecule has 1 aliphatic heterocycles. The number of nitrogens with one attached hydrogen (secondary N) is 1. The minimum Gasteiger partial charge on any atom is -0.444 e. The Labute approximate surface area is 169 Å². The van der Waals surface area contributed by atoms with Gasteiger partial charge in [-0.2, -0.15) is 0 Å². The van der Waals surface area contributed by atoms with Crippen LogP contribution in [0, 0.1) is 10.1 Å². The van der Waals surface area contributed by atoms with Gasteiger partial charge in [-0.3, -0.25) is 10.1 Å². The topological polar surface area (TPSA) is 97.6 Å². The summed E-state index contributed by atoms with van der Waals surface area (Å²) in [5.41, 5.74) is -0.238. The van der Waals surface area contributed by atoms with Crippen LogP contribution in [0.1, 0.15) is 20.8 Å². The van der Waals surface area contributed by atoms with Gasteiger partial charge in [0.25, 0.3) is 0 Å². The molecule has 1 fully saturated rings. The Morgan fingerprint density at radius 1 is 1.43 bits per heavy atom. The molecule has 0 unspecified atom stereocenters. The number of aromatic nitrogens is 1. The Bertz CT molecular complexity index is 934. The predicted molar refractivity (Wildman–Crippen MR) is 106 cm³/mol. The van der Waals surface area contributed by atoms with Gasteiger partial charge in [0.1, 0.15) is 23.7 Å². The Hall–Kier alpha value is -2.49. The highest BCUT2D eigenvalue weighted by atomic mass is 79.9. The number of carbonyl (C=O) groups excluding carboxylic acids is 1. The number of benzene rings is 1. The smallest absolute Gasteiger partial charge is 0.410 e. The standard InChI is InChI=1S/C18H20BrFN4O4/c1-18(2,3)28-17(25)23-8-12(20)14(9-23)22-16-11-6-10(19)4-5-13(11)21-7-15(16)24(26)27/h4-7,12,14H,8-9H2,1-3H3,(H,21,22)/t12-,14-/m0/s1. The van der Waals surface area contributed by atoms with E-state index < -0.39 is 28.8 Å². The summed E-state index contributed by atoms with van der Waals surface area (Å²) in [5, 5.41) is 14.9. The van der Waals surface area contributed by atoms with Crippen LogP contribution >= 0.6 is 15.9 Å². The Balaban J connectivity index is 1.90. The summed E-state index contributed by atoms with van der Waals surface area (Å²) in [7, 11) is 0. The number of nitrogens with zero attached hydrogens (tertiary/aromatic N) is 3. The molecule has 1 aliphatic rings. The minimum absolute atomic E-state index is 0.0328. The maximum Gasteiger partial charge on any atom is 0.410 e. The summed E-state index contributed by atoms with van der Waals surface area (Å²) < 4.78 is 20.6. The van der Waals surface area contributed by atoms with E-state index >= 15 is 0 Å². The third-order valence-electron chi connectivity index (χ3n) is 4.24. The number of hydrogen-bond donors (Lipinski definition) is 1. The highest BCUT2D eigenvalue weighted by Crippen LogP contribution is 2.35. The SMILES string of the molecule is CC(C)(C)OC(=O)N1C[C@H](Nc2c([N+](=O)[O-])cnc3ccc(Br)cc23)[C@@H](F)C1. The summed E-state index contributed by atoms with van der Waals surface area (Å²) in [4.78, 5) is 28.5. The number of amides is 1. The minimum atomic E-state index is -1.40. The van der Waals surface area contributed by atoms with Gasteiger partial charge >= 0.3 is 11.8 Å². The van der Waals surface area contributed by atoms with Crippen molar-refractivity contribution in [1.82, 2.24) is 9.88 Å². The van der Waals surface area contributed by atoms with Gasteiger partial charge < -0.3 is 15.0 Å². The number of ether oxygens (including phenoxy) is 1. The predicted octanol–water partition coefficient (Wildman–Crippen LogP) is 4.27. The van der Waals surface area contributed by atoms with E-state index in [-0.39, 0.29) is 24.5 Å². The zero-order chi connectivity index (χ0) is 20.6. The lowest BCUT2D eigenvalue weighted by Crippen LogP contribution is -2.36. The van der Waals surface area contributed by atoms with Crippen LogP contribution in [0.25, 0.3) is 10.9 Å². The van der Waals surface area contributed by atoms with Crippen molar-refractivity contribution in [2.75, 3.05) is 18.4 Å². The van der Waals surface area contributed by atoms with Crippen LogP contribution in [0.3, 0.4) is 0 Å². The molecule has 3 rings (SSSR count). The van der Waals surface area contributed by atoms with Gasteiger partial charge in [-0.15, -0.1) is 0 Å². The molecule has 0 aliphatic carbocycles. The summed E-state index contributed by atoms with van der Waals surface area (Å²) in [6, 6.07) is 4.35. The van der Waals surface area contributed by atoms with Crippen LogP contribution in [0.4, 0.5) is 20.6 Å². The van der Waals surface area contributed by atoms with Crippen molar-refractivity contribution >= 4 is 44.3 Å². The molecule has 0 radical (unpaired) electrons. The lowest BCUT2D eigenvalue weighted by Gasteiger charge is -2.24. The molecular formula is C18H20BrFN4O4. The Kier molecular flexibility index (Phi) is 5.42. The number of alkyl halides is 1. The number of rotatable bonds is 3. The fourth-order valence-electron chi connectivity index (χ4n) is 3.01. The monoisotopic (exact) mass is 454 g/mol. The van der Waals surface area contributed by atoms with Crippen LogP contribution in [-0.2, 0) is 4.74 Å². The van der Waals surface area contributed by atoms with E-state index in [1.807, 2.05) is 0 Å². The van der Waals surface area contributed by atoms with Crippen molar-refractivity contribution in [3.63, 3.8) is 0 Å². The fourth-order valence-corrected chi connectivity index (χ4v) is 3.37. The number of anilines is 1. The van der Waals surface area contributed by atoms with E-state index in [0.29, 0.717) is 15.4 Å². The first-order chi connectivity index (χ1) is 13.0. The van der Waals surface area contributed by atoms with Crippen LogP contribution in [0.15, 0.2) is 28.9 Å². The number of likely N-dealkylation sites (tertiary alicyclic amines) is 1. The fraction of sp³-hybridized carbons (Fsp3) is 0.444. The third kappa shape index (κ3) is 4.32. The molecule has 28 heavy (non-hydrogen) atoms. The van der Waals surface area contributed by atoms with Gasteiger partial charge in [0.05, 0.1) is 23.0 Å². The molecule has 0 saturated carbocycles. The quantitative estimate of drug-likeness (QED) is 0.548. The summed E-state index contributed by atoms with van der Waals surface area (Å²) in [5.74, 6) is 0. The molecule has 0 bridgehead atoms. The average molecular weight is 455 g/mol. The van der Waals surface area contributed by atoms with Crippen molar-refractivity contribution < 1.29 is 18.8 Å². The zero-order valence-electron chi connectivity index (χ0n) is 15.6. The summed E-state index contributed by atoms with van der Waals surface area (Å²) in [6.07, 6.45) is -0.870. The van der Waals surface area contributed by atoms with E-state index in [1.165, 1.54) is 4.90 Å². The molecular weight excluding hydrogens is 435 g/mol. The van der Waals surface area contributed by atoms with Crippen LogP contribution < -0.4 is 5.32 Å². The molecule has 8 nitrogen and oxygen atoms in total. The Morgan fingerprint density at radius 2 is 2.14 bits per heavy atom. The molecule has 0 spiro atoms. The largest absolute Gasteiger partial charge is 0.444 e. The normalized spacial score (nSPS) is 19.7. The van der Waals surface area contributed by atoms with Gasteiger partial charge in [-0.25, -0.2) is 14.2 Å². The summed E-state index contributed by atoms with van der Waals surface area (Å²) in [6.45, 7) is 5.08. The number of halogens is 2. The molecule has 2 atom stereocenters. The first-order valence-corrected chi connectivity index (χ1v) is 9.45. The number of hydrogen-bond acceptors (Lipinski definition) is 6. The first kappa shape index (κ1) is 20.2. The lowest BCUT2D eigenvalue weighted by atomic mass is 10.1. The van der Waals surface area contributed by atoms with Crippen LogP contribution in [0.5, 0.6) is 0 Å². The van der Waals surface area contributed by atoms with Crippen molar-refractivity contribution in [1.29, 1.82) is 0 Å². The Morgan fingerprint density at radius 3 is 2.79 bits per heavy atom.